The van der Waals surface area contributed by atoms with E-state index in [2.05, 4.69) is 9.97 Å². The van der Waals surface area contributed by atoms with Crippen molar-refractivity contribution in [1.82, 2.24) is 9.97 Å². The molecule has 0 spiro atoms. The monoisotopic (exact) mass is 332 g/mol. The number of rotatable bonds is 1. The fraction of sp³-hybridized carbons (Fsp3) is 0.0714. The van der Waals surface area contributed by atoms with E-state index in [1.165, 1.54) is 0 Å². The highest BCUT2D eigenvalue weighted by molar-refractivity contribution is 7.71. The summed E-state index contributed by atoms with van der Waals surface area (Å²) in [6.45, 7) is 0. The van der Waals surface area contributed by atoms with E-state index in [9.17, 15) is 10.1 Å². The highest BCUT2D eigenvalue weighted by Gasteiger charge is 2.32. The van der Waals surface area contributed by atoms with Crippen molar-refractivity contribution in [2.45, 2.75) is 5.92 Å². The molecule has 2 aromatic rings. The topological polar surface area (TPSA) is 108 Å². The number of aromatic nitrogens is 2. The Bertz CT molecular complexity index is 954. The van der Waals surface area contributed by atoms with Gasteiger partial charge in [-0.2, -0.15) is 5.26 Å². The van der Waals surface area contributed by atoms with E-state index in [1.54, 1.807) is 24.3 Å². The molecule has 0 saturated carbocycles. The highest BCUT2D eigenvalue weighted by atomic mass is 35.5. The summed E-state index contributed by atoms with van der Waals surface area (Å²) >= 11 is 11.2. The average molecular weight is 333 g/mol. The summed E-state index contributed by atoms with van der Waals surface area (Å²) in [4.78, 5) is 16.5. The van der Waals surface area contributed by atoms with E-state index in [-0.39, 0.29) is 22.0 Å². The molecule has 0 bridgehead atoms. The summed E-state index contributed by atoms with van der Waals surface area (Å²) in [7, 11) is 0. The number of nitriles is 1. The SMILES string of the molecule is N#CC1=C(N)Oc2[nH]c(=O)[nH]c(=S)c2C1c1cccc(Cl)c1. The van der Waals surface area contributed by atoms with Crippen LogP contribution in [-0.2, 0) is 0 Å². The highest BCUT2D eigenvalue weighted by Crippen LogP contribution is 2.41. The molecule has 0 fully saturated rings. The molecule has 1 aliphatic rings. The zero-order valence-electron chi connectivity index (χ0n) is 11.0. The Hall–Kier alpha value is -2.56. The molecule has 1 aromatic carbocycles. The lowest BCUT2D eigenvalue weighted by Crippen LogP contribution is -2.25. The normalized spacial score (nSPS) is 16.6. The van der Waals surface area contributed by atoms with Crippen LogP contribution in [0.1, 0.15) is 17.0 Å². The van der Waals surface area contributed by atoms with E-state index in [0.29, 0.717) is 10.6 Å². The maximum absolute atomic E-state index is 11.5. The molecular formula is C14H9ClN4O2S. The zero-order valence-corrected chi connectivity index (χ0v) is 12.6. The van der Waals surface area contributed by atoms with Gasteiger partial charge in [0.1, 0.15) is 16.3 Å². The van der Waals surface area contributed by atoms with Crippen LogP contribution in [-0.4, -0.2) is 9.97 Å². The minimum atomic E-state index is -0.562. The molecule has 22 heavy (non-hydrogen) atoms. The molecule has 3 rings (SSSR count). The van der Waals surface area contributed by atoms with Gasteiger partial charge in [0.2, 0.25) is 11.8 Å². The number of ether oxygens (including phenoxy) is 1. The fourth-order valence-corrected chi connectivity index (χ4v) is 2.91. The molecule has 1 aromatic heterocycles. The minimum Gasteiger partial charge on any atom is -0.424 e. The van der Waals surface area contributed by atoms with E-state index in [1.807, 2.05) is 6.07 Å². The van der Waals surface area contributed by atoms with Gasteiger partial charge in [0, 0.05) is 5.02 Å². The Morgan fingerprint density at radius 3 is 2.86 bits per heavy atom. The number of aromatic amines is 2. The molecule has 8 heteroatoms. The smallest absolute Gasteiger partial charge is 0.326 e. The maximum atomic E-state index is 11.5. The van der Waals surface area contributed by atoms with Crippen LogP contribution in [0.15, 0.2) is 40.5 Å². The first-order chi connectivity index (χ1) is 10.5. The predicted octanol–water partition coefficient (Wildman–Crippen LogP) is 2.30. The van der Waals surface area contributed by atoms with Crippen molar-refractivity contribution in [3.8, 4) is 11.9 Å². The Morgan fingerprint density at radius 1 is 1.41 bits per heavy atom. The predicted molar refractivity (Wildman–Crippen MR) is 83.0 cm³/mol. The summed E-state index contributed by atoms with van der Waals surface area (Å²) in [6.07, 6.45) is 0. The Balaban J connectivity index is 2.34. The summed E-state index contributed by atoms with van der Waals surface area (Å²) in [5.74, 6) is -0.500. The molecule has 0 radical (unpaired) electrons. The number of fused-ring (bicyclic) bond motifs is 1. The number of nitrogens with zero attached hydrogens (tertiary/aromatic N) is 1. The lowest BCUT2D eigenvalue weighted by atomic mass is 9.85. The van der Waals surface area contributed by atoms with Gasteiger partial charge in [-0.1, -0.05) is 36.0 Å². The van der Waals surface area contributed by atoms with Gasteiger partial charge < -0.3 is 10.5 Å². The first-order valence-corrected chi connectivity index (χ1v) is 6.99. The Morgan fingerprint density at radius 2 is 2.18 bits per heavy atom. The van der Waals surface area contributed by atoms with Gasteiger partial charge in [-0.3, -0.25) is 9.97 Å². The zero-order chi connectivity index (χ0) is 15.9. The van der Waals surface area contributed by atoms with Crippen LogP contribution >= 0.6 is 23.8 Å². The van der Waals surface area contributed by atoms with Gasteiger partial charge in [-0.25, -0.2) is 4.79 Å². The second-order valence-corrected chi connectivity index (χ2v) is 5.48. The van der Waals surface area contributed by atoms with Crippen LogP contribution in [0.25, 0.3) is 0 Å². The molecule has 2 heterocycles. The first kappa shape index (κ1) is 14.4. The van der Waals surface area contributed by atoms with E-state index in [4.69, 9.17) is 34.3 Å². The molecule has 1 atom stereocenters. The molecular weight excluding hydrogens is 324 g/mol. The van der Waals surface area contributed by atoms with Crippen LogP contribution in [0.4, 0.5) is 0 Å². The van der Waals surface area contributed by atoms with Crippen LogP contribution in [0.5, 0.6) is 5.88 Å². The summed E-state index contributed by atoms with van der Waals surface area (Å²) in [5.41, 5.74) is 6.70. The van der Waals surface area contributed by atoms with Crippen molar-refractivity contribution >= 4 is 23.8 Å². The van der Waals surface area contributed by atoms with Crippen molar-refractivity contribution in [1.29, 1.82) is 5.26 Å². The summed E-state index contributed by atoms with van der Waals surface area (Å²) in [5, 5.41) is 9.93. The number of H-pyrrole nitrogens is 2. The second-order valence-electron chi connectivity index (χ2n) is 4.63. The second kappa shape index (κ2) is 5.33. The molecule has 0 aliphatic carbocycles. The van der Waals surface area contributed by atoms with Crippen LogP contribution in [0.2, 0.25) is 5.02 Å². The number of benzene rings is 1. The van der Waals surface area contributed by atoms with E-state index >= 15 is 0 Å². The van der Waals surface area contributed by atoms with Gasteiger partial charge in [0.15, 0.2) is 0 Å². The molecule has 6 nitrogen and oxygen atoms in total. The molecule has 110 valence electrons. The third kappa shape index (κ3) is 2.28. The molecule has 0 saturated heterocycles. The Kier molecular flexibility index (Phi) is 3.48. The standard InChI is InChI=1S/C14H9ClN4O2S/c15-7-3-1-2-6(4-7)9-8(5-16)11(17)21-12-10(9)13(22)19-14(20)18-12/h1-4,9H,17H2,(H2,18,19,20,22). The molecule has 1 aliphatic heterocycles. The molecule has 0 amide bonds. The van der Waals surface area contributed by atoms with Crippen molar-refractivity contribution < 1.29 is 4.74 Å². The van der Waals surface area contributed by atoms with Crippen molar-refractivity contribution in [3.05, 3.63) is 67.0 Å². The number of allylic oxidation sites excluding steroid dienone is 1. The van der Waals surface area contributed by atoms with Crippen molar-refractivity contribution in [2.24, 2.45) is 5.73 Å². The third-order valence-corrected chi connectivity index (χ3v) is 3.86. The van der Waals surface area contributed by atoms with Gasteiger partial charge in [-0.05, 0) is 17.7 Å². The van der Waals surface area contributed by atoms with Crippen LogP contribution in [0.3, 0.4) is 0 Å². The first-order valence-electron chi connectivity index (χ1n) is 6.21. The van der Waals surface area contributed by atoms with Gasteiger partial charge >= 0.3 is 5.69 Å². The summed E-state index contributed by atoms with van der Waals surface area (Å²) in [6, 6.07) is 9.04. The van der Waals surface area contributed by atoms with Crippen LogP contribution < -0.4 is 16.2 Å². The number of halogens is 1. The van der Waals surface area contributed by atoms with Gasteiger partial charge in [0.25, 0.3) is 0 Å². The number of hydrogen-bond donors (Lipinski definition) is 3. The number of nitrogens with one attached hydrogen (secondary N) is 2. The van der Waals surface area contributed by atoms with Crippen LogP contribution in [0, 0.1) is 16.0 Å². The van der Waals surface area contributed by atoms with Crippen molar-refractivity contribution in [2.75, 3.05) is 0 Å². The molecule has 4 N–H and O–H groups in total. The van der Waals surface area contributed by atoms with E-state index in [0.717, 1.165) is 5.56 Å². The van der Waals surface area contributed by atoms with Gasteiger partial charge in [-0.15, -0.1) is 0 Å². The van der Waals surface area contributed by atoms with Crippen molar-refractivity contribution in [3.63, 3.8) is 0 Å². The lowest BCUT2D eigenvalue weighted by Gasteiger charge is -2.25. The summed E-state index contributed by atoms with van der Waals surface area (Å²) < 4.78 is 5.52. The van der Waals surface area contributed by atoms with Gasteiger partial charge in [0.05, 0.1) is 11.5 Å². The lowest BCUT2D eigenvalue weighted by molar-refractivity contribution is 0.374. The average Bonchev–Trinajstić information content (AvgIpc) is 2.45. The van der Waals surface area contributed by atoms with E-state index < -0.39 is 11.6 Å². The Labute approximate surface area is 134 Å². The largest absolute Gasteiger partial charge is 0.424 e. The minimum absolute atomic E-state index is 0.0729. The number of hydrogen-bond acceptors (Lipinski definition) is 5. The quantitative estimate of drug-likeness (QED) is 0.694. The third-order valence-electron chi connectivity index (χ3n) is 3.30. The maximum Gasteiger partial charge on any atom is 0.326 e. The molecule has 1 unspecified atom stereocenters. The number of nitrogens with two attached hydrogens (primary N) is 1. The fourth-order valence-electron chi connectivity index (χ4n) is 2.41.